The molecular formula is C8H12N2O7. The molecule has 9 heteroatoms. The van der Waals surface area contributed by atoms with Crippen molar-refractivity contribution in [2.45, 2.75) is 25.0 Å². The number of carbonyl (C=O) groups is 4. The summed E-state index contributed by atoms with van der Waals surface area (Å²) in [6.45, 7) is 0. The van der Waals surface area contributed by atoms with Crippen LogP contribution < -0.4 is 11.5 Å². The van der Waals surface area contributed by atoms with E-state index in [4.69, 9.17) is 21.7 Å². The summed E-state index contributed by atoms with van der Waals surface area (Å²) in [5.41, 5.74) is 10.0. The molecule has 0 aromatic rings. The molecule has 0 saturated heterocycles. The van der Waals surface area contributed by atoms with Gasteiger partial charge in [0.25, 0.3) is 6.10 Å². The van der Waals surface area contributed by atoms with E-state index in [1.165, 1.54) is 0 Å². The van der Waals surface area contributed by atoms with Crippen molar-refractivity contribution in [1.82, 2.24) is 0 Å². The Balaban J connectivity index is 4.36. The van der Waals surface area contributed by atoms with Crippen molar-refractivity contribution in [3.05, 3.63) is 0 Å². The molecule has 0 rings (SSSR count). The van der Waals surface area contributed by atoms with E-state index in [-0.39, 0.29) is 12.8 Å². The molecule has 0 aliphatic heterocycles. The fraction of sp³-hybridized carbons (Fsp3) is 0.500. The standard InChI is InChI=1S/C8H12N2O7/c9-3(1-2-4(10)11)8(16)17-5(6(12)13)7(14)15/h3,5H,1-2,9H2,(H2,10,11)(H,12,13)(H,14,15)/t3-/m0/s1. The smallest absolute Gasteiger partial charge is 0.356 e. The molecule has 0 aliphatic carbocycles. The summed E-state index contributed by atoms with van der Waals surface area (Å²) in [4.78, 5) is 42.3. The highest BCUT2D eigenvalue weighted by atomic mass is 16.6. The van der Waals surface area contributed by atoms with Crippen LogP contribution in [0.15, 0.2) is 0 Å². The minimum Gasteiger partial charge on any atom is -0.478 e. The van der Waals surface area contributed by atoms with Gasteiger partial charge in [-0.05, 0) is 6.42 Å². The lowest BCUT2D eigenvalue weighted by Gasteiger charge is -2.13. The van der Waals surface area contributed by atoms with Gasteiger partial charge in [-0.2, -0.15) is 0 Å². The number of carbonyl (C=O) groups excluding carboxylic acids is 2. The van der Waals surface area contributed by atoms with Crippen LogP contribution >= 0.6 is 0 Å². The topological polar surface area (TPSA) is 170 Å². The number of nitrogens with two attached hydrogens (primary N) is 2. The molecule has 9 nitrogen and oxygen atoms in total. The summed E-state index contributed by atoms with van der Waals surface area (Å²) in [7, 11) is 0. The first-order valence-corrected chi connectivity index (χ1v) is 4.45. The molecule has 1 atom stereocenters. The van der Waals surface area contributed by atoms with E-state index in [1.807, 2.05) is 0 Å². The SMILES string of the molecule is NC(=O)CC[C@H](N)C(=O)OC(C(=O)O)C(=O)O. The molecule has 0 spiro atoms. The zero-order valence-electron chi connectivity index (χ0n) is 8.66. The summed E-state index contributed by atoms with van der Waals surface area (Å²) in [5, 5.41) is 16.8. The lowest BCUT2D eigenvalue weighted by Crippen LogP contribution is -2.41. The Labute approximate surface area is 95.3 Å². The lowest BCUT2D eigenvalue weighted by atomic mass is 10.1. The Morgan fingerprint density at radius 3 is 1.94 bits per heavy atom. The Bertz CT molecular complexity index is 327. The third-order valence-corrected chi connectivity index (χ3v) is 1.69. The monoisotopic (exact) mass is 248 g/mol. The number of primary amides is 1. The molecule has 96 valence electrons. The number of carboxylic acid groups (broad SMARTS) is 2. The molecule has 0 bridgehead atoms. The lowest BCUT2D eigenvalue weighted by molar-refractivity contribution is -0.175. The first kappa shape index (κ1) is 14.8. The van der Waals surface area contributed by atoms with Crippen LogP contribution in [0.5, 0.6) is 0 Å². The summed E-state index contributed by atoms with van der Waals surface area (Å²) in [6, 6.07) is -1.30. The van der Waals surface area contributed by atoms with E-state index in [2.05, 4.69) is 4.74 Å². The number of rotatable bonds is 7. The molecule has 0 unspecified atom stereocenters. The minimum atomic E-state index is -2.32. The number of amides is 1. The second-order valence-corrected chi connectivity index (χ2v) is 3.10. The molecule has 0 heterocycles. The predicted octanol–water partition coefficient (Wildman–Crippen LogP) is -2.34. The summed E-state index contributed by atoms with van der Waals surface area (Å²) >= 11 is 0. The van der Waals surface area contributed by atoms with Gasteiger partial charge in [-0.3, -0.25) is 9.59 Å². The molecular weight excluding hydrogens is 236 g/mol. The van der Waals surface area contributed by atoms with Gasteiger partial charge in [0.2, 0.25) is 5.91 Å². The summed E-state index contributed by atoms with van der Waals surface area (Å²) in [6.07, 6.45) is -2.66. The van der Waals surface area contributed by atoms with Crippen LogP contribution in [0.2, 0.25) is 0 Å². The molecule has 0 fully saturated rings. The Kier molecular flexibility index (Phi) is 5.61. The van der Waals surface area contributed by atoms with Gasteiger partial charge in [-0.1, -0.05) is 0 Å². The number of ether oxygens (including phenoxy) is 1. The van der Waals surface area contributed by atoms with E-state index < -0.39 is 36.0 Å². The largest absolute Gasteiger partial charge is 0.478 e. The Morgan fingerprint density at radius 2 is 1.59 bits per heavy atom. The molecule has 0 aromatic heterocycles. The van der Waals surface area contributed by atoms with Crippen molar-refractivity contribution in [2.24, 2.45) is 11.5 Å². The van der Waals surface area contributed by atoms with Crippen molar-refractivity contribution in [2.75, 3.05) is 0 Å². The number of hydrogen-bond acceptors (Lipinski definition) is 6. The average Bonchev–Trinajstić information content (AvgIpc) is 2.20. The number of aliphatic carboxylic acids is 2. The highest BCUT2D eigenvalue weighted by Crippen LogP contribution is 2.01. The van der Waals surface area contributed by atoms with Crippen LogP contribution in [-0.2, 0) is 23.9 Å². The van der Waals surface area contributed by atoms with Crippen molar-refractivity contribution in [3.63, 3.8) is 0 Å². The van der Waals surface area contributed by atoms with Crippen LogP contribution in [0.1, 0.15) is 12.8 Å². The maximum atomic E-state index is 11.1. The van der Waals surface area contributed by atoms with Crippen LogP contribution in [0.3, 0.4) is 0 Å². The van der Waals surface area contributed by atoms with E-state index >= 15 is 0 Å². The maximum Gasteiger partial charge on any atom is 0.356 e. The van der Waals surface area contributed by atoms with Gasteiger partial charge in [0.1, 0.15) is 6.04 Å². The van der Waals surface area contributed by atoms with Gasteiger partial charge in [-0.15, -0.1) is 0 Å². The van der Waals surface area contributed by atoms with E-state index in [9.17, 15) is 19.2 Å². The average molecular weight is 248 g/mol. The maximum absolute atomic E-state index is 11.1. The van der Waals surface area contributed by atoms with Crippen LogP contribution in [0, 0.1) is 0 Å². The van der Waals surface area contributed by atoms with Crippen LogP contribution in [-0.4, -0.2) is 46.2 Å². The fourth-order valence-corrected chi connectivity index (χ4v) is 0.826. The number of hydrogen-bond donors (Lipinski definition) is 4. The molecule has 0 saturated carbocycles. The highest BCUT2D eigenvalue weighted by molar-refractivity contribution is 5.98. The zero-order chi connectivity index (χ0) is 13.6. The fourth-order valence-electron chi connectivity index (χ4n) is 0.826. The second kappa shape index (κ2) is 6.43. The van der Waals surface area contributed by atoms with Gasteiger partial charge in [0.15, 0.2) is 0 Å². The van der Waals surface area contributed by atoms with Crippen molar-refractivity contribution >= 4 is 23.8 Å². The van der Waals surface area contributed by atoms with Crippen LogP contribution in [0.25, 0.3) is 0 Å². The van der Waals surface area contributed by atoms with E-state index in [0.717, 1.165) is 0 Å². The van der Waals surface area contributed by atoms with Crippen molar-refractivity contribution < 1.29 is 34.1 Å². The number of esters is 1. The second-order valence-electron chi connectivity index (χ2n) is 3.10. The number of carboxylic acids is 2. The highest BCUT2D eigenvalue weighted by Gasteiger charge is 2.31. The first-order chi connectivity index (χ1) is 7.75. The molecule has 0 aromatic carbocycles. The van der Waals surface area contributed by atoms with Gasteiger partial charge in [0.05, 0.1) is 0 Å². The summed E-state index contributed by atoms with van der Waals surface area (Å²) in [5.74, 6) is -5.57. The Morgan fingerprint density at radius 1 is 1.12 bits per heavy atom. The normalized spacial score (nSPS) is 11.9. The third-order valence-electron chi connectivity index (χ3n) is 1.69. The molecule has 0 aliphatic rings. The van der Waals surface area contributed by atoms with Crippen molar-refractivity contribution in [3.8, 4) is 0 Å². The first-order valence-electron chi connectivity index (χ1n) is 4.45. The zero-order valence-corrected chi connectivity index (χ0v) is 8.66. The molecule has 6 N–H and O–H groups in total. The van der Waals surface area contributed by atoms with Gasteiger partial charge in [0, 0.05) is 6.42 Å². The van der Waals surface area contributed by atoms with Crippen molar-refractivity contribution in [1.29, 1.82) is 0 Å². The van der Waals surface area contributed by atoms with E-state index in [0.29, 0.717) is 0 Å². The summed E-state index contributed by atoms with van der Waals surface area (Å²) < 4.78 is 4.15. The van der Waals surface area contributed by atoms with Gasteiger partial charge < -0.3 is 26.4 Å². The molecule has 0 radical (unpaired) electrons. The Hall–Kier alpha value is -2.16. The van der Waals surface area contributed by atoms with Gasteiger partial charge in [-0.25, -0.2) is 9.59 Å². The van der Waals surface area contributed by atoms with E-state index in [1.54, 1.807) is 0 Å². The quantitative estimate of drug-likeness (QED) is 0.286. The third kappa shape index (κ3) is 5.47. The predicted molar refractivity (Wildman–Crippen MR) is 51.6 cm³/mol. The molecule has 17 heavy (non-hydrogen) atoms. The molecule has 1 amide bonds. The van der Waals surface area contributed by atoms with Gasteiger partial charge >= 0.3 is 17.9 Å². The minimum absolute atomic E-state index is 0.153. The van der Waals surface area contributed by atoms with Crippen LogP contribution in [0.4, 0.5) is 0 Å².